The fraction of sp³-hybridized carbons (Fsp3) is 0.480. The zero-order chi connectivity index (χ0) is 21.1. The Morgan fingerprint density at radius 2 is 1.72 bits per heavy atom. The maximum absolute atomic E-state index is 13.3. The molecule has 1 fully saturated rings. The Labute approximate surface area is 174 Å². The van der Waals surface area contributed by atoms with Crippen LogP contribution in [0.4, 0.5) is 0 Å². The third kappa shape index (κ3) is 4.92. The van der Waals surface area contributed by atoms with Gasteiger partial charge >= 0.3 is 0 Å². The van der Waals surface area contributed by atoms with Gasteiger partial charge in [0.25, 0.3) is 0 Å². The van der Waals surface area contributed by atoms with Crippen molar-refractivity contribution in [3.05, 3.63) is 58.7 Å². The standard InChI is InChI=1S/C25H33NO3/c1-16-6-8-20(9-7-16)21(25-22(27)11-17(2)12-23(25)29-5)13-24(28)26-14-18(3)10-19(4)15-26/h6-9,11-12,18-19,21,27H,10,13-15H2,1-5H3. The van der Waals surface area contributed by atoms with Gasteiger partial charge in [0.1, 0.15) is 11.5 Å². The number of aryl methyl sites for hydroxylation is 2. The molecule has 3 unspecified atom stereocenters. The van der Waals surface area contributed by atoms with Crippen molar-refractivity contribution in [2.24, 2.45) is 11.8 Å². The highest BCUT2D eigenvalue weighted by molar-refractivity contribution is 5.78. The van der Waals surface area contributed by atoms with E-state index in [1.807, 2.05) is 36.9 Å². The molecular formula is C25H33NO3. The highest BCUT2D eigenvalue weighted by Crippen LogP contribution is 2.41. The zero-order valence-corrected chi connectivity index (χ0v) is 18.2. The molecule has 1 N–H and O–H groups in total. The number of benzene rings is 2. The molecule has 0 aliphatic carbocycles. The van der Waals surface area contributed by atoms with Crippen molar-refractivity contribution >= 4 is 5.91 Å². The van der Waals surface area contributed by atoms with Crippen molar-refractivity contribution in [1.29, 1.82) is 0 Å². The molecule has 4 nitrogen and oxygen atoms in total. The molecule has 0 spiro atoms. The molecule has 1 aliphatic rings. The summed E-state index contributed by atoms with van der Waals surface area (Å²) in [5.41, 5.74) is 3.79. The molecule has 0 aromatic heterocycles. The van der Waals surface area contributed by atoms with Gasteiger partial charge in [-0.3, -0.25) is 4.79 Å². The lowest BCUT2D eigenvalue weighted by Gasteiger charge is -2.36. The van der Waals surface area contributed by atoms with Crippen LogP contribution in [-0.2, 0) is 4.79 Å². The molecule has 4 heteroatoms. The molecule has 1 aliphatic heterocycles. The van der Waals surface area contributed by atoms with Gasteiger partial charge in [-0.05, 0) is 55.4 Å². The maximum atomic E-state index is 13.3. The summed E-state index contributed by atoms with van der Waals surface area (Å²) in [6.45, 7) is 10.0. The van der Waals surface area contributed by atoms with Gasteiger partial charge in [0, 0.05) is 31.0 Å². The van der Waals surface area contributed by atoms with Crippen molar-refractivity contribution in [3.63, 3.8) is 0 Å². The third-order valence-electron chi connectivity index (χ3n) is 5.91. The van der Waals surface area contributed by atoms with Crippen molar-refractivity contribution in [3.8, 4) is 11.5 Å². The second-order valence-corrected chi connectivity index (χ2v) is 8.81. The molecule has 0 saturated carbocycles. The van der Waals surface area contributed by atoms with Crippen molar-refractivity contribution in [2.45, 2.75) is 46.5 Å². The Bertz CT molecular complexity index is 849. The topological polar surface area (TPSA) is 49.8 Å². The van der Waals surface area contributed by atoms with E-state index in [9.17, 15) is 9.90 Å². The summed E-state index contributed by atoms with van der Waals surface area (Å²) in [5, 5.41) is 10.8. The van der Waals surface area contributed by atoms with Crippen LogP contribution in [0, 0.1) is 25.7 Å². The van der Waals surface area contributed by atoms with E-state index in [4.69, 9.17) is 4.74 Å². The predicted molar refractivity (Wildman–Crippen MR) is 117 cm³/mol. The number of amides is 1. The Morgan fingerprint density at radius 3 is 2.31 bits per heavy atom. The molecule has 1 saturated heterocycles. The Hall–Kier alpha value is -2.49. The number of nitrogens with zero attached hydrogens (tertiary/aromatic N) is 1. The van der Waals surface area contributed by atoms with Gasteiger partial charge in [0.15, 0.2) is 0 Å². The second-order valence-electron chi connectivity index (χ2n) is 8.81. The minimum absolute atomic E-state index is 0.135. The van der Waals surface area contributed by atoms with E-state index in [1.54, 1.807) is 13.2 Å². The van der Waals surface area contributed by atoms with Gasteiger partial charge in [-0.2, -0.15) is 0 Å². The van der Waals surface area contributed by atoms with Crippen LogP contribution in [0.2, 0.25) is 0 Å². The van der Waals surface area contributed by atoms with E-state index >= 15 is 0 Å². The highest BCUT2D eigenvalue weighted by Gasteiger charge is 2.30. The monoisotopic (exact) mass is 395 g/mol. The fourth-order valence-corrected chi connectivity index (χ4v) is 4.62. The van der Waals surface area contributed by atoms with Crippen LogP contribution in [0.1, 0.15) is 54.9 Å². The smallest absolute Gasteiger partial charge is 0.223 e. The highest BCUT2D eigenvalue weighted by atomic mass is 16.5. The lowest BCUT2D eigenvalue weighted by Crippen LogP contribution is -2.43. The zero-order valence-electron chi connectivity index (χ0n) is 18.2. The molecule has 0 bridgehead atoms. The lowest BCUT2D eigenvalue weighted by atomic mass is 9.85. The van der Waals surface area contributed by atoms with E-state index in [2.05, 4.69) is 26.0 Å². The first-order valence-corrected chi connectivity index (χ1v) is 10.5. The number of methoxy groups -OCH3 is 1. The summed E-state index contributed by atoms with van der Waals surface area (Å²) in [7, 11) is 1.61. The Kier molecular flexibility index (Phi) is 6.51. The number of piperidine rings is 1. The van der Waals surface area contributed by atoms with E-state index < -0.39 is 0 Å². The number of carbonyl (C=O) groups excluding carboxylic acids is 1. The average Bonchev–Trinajstić information content (AvgIpc) is 2.66. The van der Waals surface area contributed by atoms with Crippen LogP contribution in [0.3, 0.4) is 0 Å². The number of rotatable bonds is 5. The first-order valence-electron chi connectivity index (χ1n) is 10.5. The minimum atomic E-state index is -0.258. The number of ether oxygens (including phenoxy) is 1. The normalized spacial score (nSPS) is 20.4. The van der Waals surface area contributed by atoms with Crippen LogP contribution >= 0.6 is 0 Å². The third-order valence-corrected chi connectivity index (χ3v) is 5.91. The van der Waals surface area contributed by atoms with Gasteiger partial charge in [0.2, 0.25) is 5.91 Å². The second kappa shape index (κ2) is 8.89. The number of carbonyl (C=O) groups is 1. The van der Waals surface area contributed by atoms with Crippen LogP contribution in [0.5, 0.6) is 11.5 Å². The largest absolute Gasteiger partial charge is 0.507 e. The summed E-state index contributed by atoms with van der Waals surface area (Å²) in [6, 6.07) is 11.9. The average molecular weight is 396 g/mol. The molecular weight excluding hydrogens is 362 g/mol. The molecule has 0 radical (unpaired) electrons. The van der Waals surface area contributed by atoms with Gasteiger partial charge in [0.05, 0.1) is 7.11 Å². The number of hydrogen-bond donors (Lipinski definition) is 1. The first kappa shape index (κ1) is 21.2. The van der Waals surface area contributed by atoms with E-state index in [0.29, 0.717) is 29.6 Å². The van der Waals surface area contributed by atoms with E-state index in [0.717, 1.165) is 36.2 Å². The van der Waals surface area contributed by atoms with Crippen LogP contribution in [-0.4, -0.2) is 36.1 Å². The summed E-state index contributed by atoms with van der Waals surface area (Å²) in [5.74, 6) is 1.72. The first-order chi connectivity index (χ1) is 13.8. The summed E-state index contributed by atoms with van der Waals surface area (Å²) in [4.78, 5) is 15.3. The Balaban J connectivity index is 1.99. The van der Waals surface area contributed by atoms with Crippen molar-refractivity contribution < 1.29 is 14.6 Å². The van der Waals surface area contributed by atoms with Crippen molar-refractivity contribution in [1.82, 2.24) is 4.90 Å². The number of aromatic hydroxyl groups is 1. The van der Waals surface area contributed by atoms with Crippen LogP contribution in [0.15, 0.2) is 36.4 Å². The van der Waals surface area contributed by atoms with Gasteiger partial charge < -0.3 is 14.7 Å². The molecule has 2 aromatic rings. The van der Waals surface area contributed by atoms with Gasteiger partial charge in [-0.15, -0.1) is 0 Å². The maximum Gasteiger partial charge on any atom is 0.223 e. The molecule has 2 aromatic carbocycles. The number of hydrogen-bond acceptors (Lipinski definition) is 3. The lowest BCUT2D eigenvalue weighted by molar-refractivity contribution is -0.134. The van der Waals surface area contributed by atoms with Gasteiger partial charge in [-0.25, -0.2) is 0 Å². The van der Waals surface area contributed by atoms with Crippen molar-refractivity contribution in [2.75, 3.05) is 20.2 Å². The number of likely N-dealkylation sites (tertiary alicyclic amines) is 1. The van der Waals surface area contributed by atoms with Gasteiger partial charge in [-0.1, -0.05) is 43.7 Å². The minimum Gasteiger partial charge on any atom is -0.507 e. The molecule has 1 heterocycles. The van der Waals surface area contributed by atoms with Crippen LogP contribution in [0.25, 0.3) is 0 Å². The fourth-order valence-electron chi connectivity index (χ4n) is 4.62. The number of phenols is 1. The molecule has 29 heavy (non-hydrogen) atoms. The molecule has 3 atom stereocenters. The predicted octanol–water partition coefficient (Wildman–Crippen LogP) is 5.04. The Morgan fingerprint density at radius 1 is 1.10 bits per heavy atom. The summed E-state index contributed by atoms with van der Waals surface area (Å²) < 4.78 is 5.61. The summed E-state index contributed by atoms with van der Waals surface area (Å²) in [6.07, 6.45) is 1.48. The van der Waals surface area contributed by atoms with E-state index in [-0.39, 0.29) is 17.6 Å². The molecule has 1 amide bonds. The quantitative estimate of drug-likeness (QED) is 0.771. The summed E-state index contributed by atoms with van der Waals surface area (Å²) >= 11 is 0. The van der Waals surface area contributed by atoms with E-state index in [1.165, 1.54) is 0 Å². The van der Waals surface area contributed by atoms with Crippen LogP contribution < -0.4 is 4.74 Å². The molecule has 3 rings (SSSR count). The molecule has 156 valence electrons. The number of phenolic OH excluding ortho intramolecular Hbond substituents is 1. The SMILES string of the molecule is COc1cc(C)cc(O)c1C(CC(=O)N1CC(C)CC(C)C1)c1ccc(C)cc1.